The molecule has 0 radical (unpaired) electrons. The summed E-state index contributed by atoms with van der Waals surface area (Å²) in [6.45, 7) is 0. The Kier molecular flexibility index (Phi) is 2.24. The van der Waals surface area contributed by atoms with Crippen molar-refractivity contribution < 1.29 is 8.78 Å². The number of nitriles is 1. The number of halogens is 2. The molecule has 0 unspecified atom stereocenters. The van der Waals surface area contributed by atoms with Gasteiger partial charge in [0.1, 0.15) is 5.82 Å². The first kappa shape index (κ1) is 8.47. The van der Waals surface area contributed by atoms with Crippen LogP contribution in [0.2, 0.25) is 0 Å². The standard InChI is InChI=1S/C8H6F2N2/c9-6-3-5(1-2-11)8(10)7(12)4-6/h3-4H,1,12H2. The molecule has 1 rings (SSSR count). The van der Waals surface area contributed by atoms with Gasteiger partial charge < -0.3 is 5.73 Å². The highest BCUT2D eigenvalue weighted by Gasteiger charge is 2.07. The zero-order valence-electron chi connectivity index (χ0n) is 6.14. The molecule has 0 saturated heterocycles. The first-order valence-corrected chi connectivity index (χ1v) is 3.25. The number of hydrogen-bond acceptors (Lipinski definition) is 2. The van der Waals surface area contributed by atoms with Crippen LogP contribution in [0, 0.1) is 23.0 Å². The van der Waals surface area contributed by atoms with Crippen molar-refractivity contribution in [1.29, 1.82) is 5.26 Å². The maximum Gasteiger partial charge on any atom is 0.150 e. The van der Waals surface area contributed by atoms with Crippen LogP contribution in [0.4, 0.5) is 14.5 Å². The van der Waals surface area contributed by atoms with Gasteiger partial charge in [0, 0.05) is 5.56 Å². The Morgan fingerprint density at radius 1 is 1.42 bits per heavy atom. The third-order valence-electron chi connectivity index (χ3n) is 1.41. The first-order valence-electron chi connectivity index (χ1n) is 3.25. The molecule has 0 saturated carbocycles. The second-order valence-electron chi connectivity index (χ2n) is 2.30. The topological polar surface area (TPSA) is 49.8 Å². The van der Waals surface area contributed by atoms with E-state index in [2.05, 4.69) is 0 Å². The van der Waals surface area contributed by atoms with Crippen LogP contribution in [0.3, 0.4) is 0 Å². The van der Waals surface area contributed by atoms with Crippen LogP contribution in [0.25, 0.3) is 0 Å². The van der Waals surface area contributed by atoms with Crippen LogP contribution in [0.1, 0.15) is 5.56 Å². The lowest BCUT2D eigenvalue weighted by Crippen LogP contribution is -1.97. The molecule has 0 aromatic heterocycles. The third kappa shape index (κ3) is 1.51. The molecule has 62 valence electrons. The summed E-state index contributed by atoms with van der Waals surface area (Å²) in [7, 11) is 0. The summed E-state index contributed by atoms with van der Waals surface area (Å²) in [4.78, 5) is 0. The van der Waals surface area contributed by atoms with Gasteiger partial charge in [-0.3, -0.25) is 0 Å². The lowest BCUT2D eigenvalue weighted by Gasteiger charge is -2.01. The summed E-state index contributed by atoms with van der Waals surface area (Å²) < 4.78 is 25.5. The molecule has 1 aromatic rings. The number of nitrogens with two attached hydrogens (primary N) is 1. The normalized spacial score (nSPS) is 9.42. The third-order valence-corrected chi connectivity index (χ3v) is 1.41. The van der Waals surface area contributed by atoms with E-state index in [0.717, 1.165) is 12.1 Å². The molecule has 2 nitrogen and oxygen atoms in total. The highest BCUT2D eigenvalue weighted by atomic mass is 19.1. The number of nitrogen functional groups attached to an aromatic ring is 1. The molecule has 0 aliphatic heterocycles. The SMILES string of the molecule is N#CCc1cc(F)cc(N)c1F. The summed E-state index contributed by atoms with van der Waals surface area (Å²) in [5.41, 5.74) is 4.86. The van der Waals surface area contributed by atoms with Crippen molar-refractivity contribution in [3.63, 3.8) is 0 Å². The van der Waals surface area contributed by atoms with Gasteiger partial charge in [0.15, 0.2) is 5.82 Å². The van der Waals surface area contributed by atoms with Gasteiger partial charge in [-0.15, -0.1) is 0 Å². The van der Waals surface area contributed by atoms with Crippen molar-refractivity contribution in [2.75, 3.05) is 5.73 Å². The van der Waals surface area contributed by atoms with Crippen molar-refractivity contribution in [2.24, 2.45) is 0 Å². The molecule has 0 fully saturated rings. The van der Waals surface area contributed by atoms with Crippen molar-refractivity contribution in [2.45, 2.75) is 6.42 Å². The van der Waals surface area contributed by atoms with Gasteiger partial charge in [-0.25, -0.2) is 8.78 Å². The average molecular weight is 168 g/mol. The number of rotatable bonds is 1. The second-order valence-corrected chi connectivity index (χ2v) is 2.30. The van der Waals surface area contributed by atoms with Crippen LogP contribution in [-0.4, -0.2) is 0 Å². The maximum absolute atomic E-state index is 12.9. The number of anilines is 1. The Morgan fingerprint density at radius 2 is 2.08 bits per heavy atom. The molecular weight excluding hydrogens is 162 g/mol. The van der Waals surface area contributed by atoms with Gasteiger partial charge in [-0.05, 0) is 12.1 Å². The molecule has 0 spiro atoms. The van der Waals surface area contributed by atoms with Crippen LogP contribution < -0.4 is 5.73 Å². The van der Waals surface area contributed by atoms with Crippen molar-refractivity contribution in [3.8, 4) is 6.07 Å². The van der Waals surface area contributed by atoms with Gasteiger partial charge in [0.2, 0.25) is 0 Å². The van der Waals surface area contributed by atoms with Gasteiger partial charge in [-0.2, -0.15) is 5.26 Å². The van der Waals surface area contributed by atoms with Crippen LogP contribution in [-0.2, 0) is 6.42 Å². The number of nitrogens with zero attached hydrogens (tertiary/aromatic N) is 1. The van der Waals surface area contributed by atoms with E-state index in [1.807, 2.05) is 0 Å². The van der Waals surface area contributed by atoms with Crippen LogP contribution >= 0.6 is 0 Å². The van der Waals surface area contributed by atoms with Crippen LogP contribution in [0.5, 0.6) is 0 Å². The summed E-state index contributed by atoms with van der Waals surface area (Å²) in [6, 6.07) is 3.57. The highest BCUT2D eigenvalue weighted by molar-refractivity contribution is 5.44. The number of hydrogen-bond donors (Lipinski definition) is 1. The molecule has 2 N–H and O–H groups in total. The number of benzene rings is 1. The molecule has 4 heteroatoms. The predicted molar refractivity (Wildman–Crippen MR) is 40.1 cm³/mol. The van der Waals surface area contributed by atoms with Gasteiger partial charge in [0.05, 0.1) is 18.2 Å². The smallest absolute Gasteiger partial charge is 0.150 e. The zero-order valence-corrected chi connectivity index (χ0v) is 6.14. The average Bonchev–Trinajstić information content (AvgIpc) is 2.00. The maximum atomic E-state index is 12.9. The Labute approximate surface area is 68.2 Å². The van der Waals surface area contributed by atoms with E-state index in [1.165, 1.54) is 0 Å². The molecule has 0 aliphatic carbocycles. The van der Waals surface area contributed by atoms with Crippen molar-refractivity contribution in [3.05, 3.63) is 29.3 Å². The second kappa shape index (κ2) is 3.18. The minimum atomic E-state index is -0.710. The quantitative estimate of drug-likeness (QED) is 0.647. The summed E-state index contributed by atoms with van der Waals surface area (Å²) in [5, 5.41) is 8.25. The predicted octanol–water partition coefficient (Wildman–Crippen LogP) is 1.61. The van der Waals surface area contributed by atoms with E-state index in [-0.39, 0.29) is 17.7 Å². The van der Waals surface area contributed by atoms with Gasteiger partial charge in [-0.1, -0.05) is 0 Å². The zero-order chi connectivity index (χ0) is 9.14. The minimum absolute atomic E-state index is 0.00463. The highest BCUT2D eigenvalue weighted by Crippen LogP contribution is 2.17. The van der Waals surface area contributed by atoms with E-state index in [0.29, 0.717) is 0 Å². The van der Waals surface area contributed by atoms with E-state index in [1.54, 1.807) is 6.07 Å². The van der Waals surface area contributed by atoms with Gasteiger partial charge >= 0.3 is 0 Å². The summed E-state index contributed by atoms with van der Waals surface area (Å²) >= 11 is 0. The minimum Gasteiger partial charge on any atom is -0.396 e. The molecule has 0 aliphatic rings. The van der Waals surface area contributed by atoms with Crippen molar-refractivity contribution in [1.82, 2.24) is 0 Å². The fourth-order valence-corrected chi connectivity index (χ4v) is 0.883. The molecule has 12 heavy (non-hydrogen) atoms. The molecule has 0 bridgehead atoms. The Balaban J connectivity index is 3.20. The Hall–Kier alpha value is -1.63. The fraction of sp³-hybridized carbons (Fsp3) is 0.125. The lowest BCUT2D eigenvalue weighted by atomic mass is 10.1. The van der Waals surface area contributed by atoms with E-state index >= 15 is 0 Å². The first-order chi connectivity index (χ1) is 5.65. The molecule has 1 aromatic carbocycles. The largest absolute Gasteiger partial charge is 0.396 e. The molecule has 0 heterocycles. The van der Waals surface area contributed by atoms with E-state index in [9.17, 15) is 8.78 Å². The molecule has 0 amide bonds. The lowest BCUT2D eigenvalue weighted by molar-refractivity contribution is 0.594. The fourth-order valence-electron chi connectivity index (χ4n) is 0.883. The van der Waals surface area contributed by atoms with E-state index < -0.39 is 11.6 Å². The van der Waals surface area contributed by atoms with Crippen LogP contribution in [0.15, 0.2) is 12.1 Å². The van der Waals surface area contributed by atoms with E-state index in [4.69, 9.17) is 11.0 Å². The molecule has 0 atom stereocenters. The van der Waals surface area contributed by atoms with Gasteiger partial charge in [0.25, 0.3) is 0 Å². The molecular formula is C8H6F2N2. The Morgan fingerprint density at radius 3 is 2.67 bits per heavy atom. The summed E-state index contributed by atoms with van der Waals surface area (Å²) in [5.74, 6) is -1.34. The summed E-state index contributed by atoms with van der Waals surface area (Å²) in [6.07, 6.45) is -0.173. The van der Waals surface area contributed by atoms with Crippen molar-refractivity contribution >= 4 is 5.69 Å². The Bertz CT molecular complexity index is 342. The monoisotopic (exact) mass is 168 g/mol.